The number of morpholine rings is 1. The zero-order valence-electron chi connectivity index (χ0n) is 18.7. The van der Waals surface area contributed by atoms with Crippen LogP contribution in [0.3, 0.4) is 0 Å². The Morgan fingerprint density at radius 3 is 2.48 bits per heavy atom. The molecule has 1 N–H and O–H groups in total. The maximum Gasteiger partial charge on any atom is 0.182 e. The van der Waals surface area contributed by atoms with Crippen molar-refractivity contribution in [3.8, 4) is 16.9 Å². The van der Waals surface area contributed by atoms with Gasteiger partial charge in [0, 0.05) is 25.3 Å². The molecular formula is C26H28N2O4S. The van der Waals surface area contributed by atoms with Crippen LogP contribution in [-0.2, 0) is 20.3 Å². The fourth-order valence-electron chi connectivity index (χ4n) is 4.23. The minimum atomic E-state index is -3.54. The number of benzene rings is 3. The first-order valence-electron chi connectivity index (χ1n) is 11.3. The quantitative estimate of drug-likeness (QED) is 0.608. The Kier molecular flexibility index (Phi) is 6.00. The maximum atomic E-state index is 13.5. The highest BCUT2D eigenvalue weighted by molar-refractivity contribution is 7.90. The lowest BCUT2D eigenvalue weighted by molar-refractivity contribution is 0.122. The van der Waals surface area contributed by atoms with Crippen LogP contribution in [0.15, 0.2) is 65.6 Å². The van der Waals surface area contributed by atoms with Crippen LogP contribution in [0.5, 0.6) is 5.75 Å². The third-order valence-corrected chi connectivity index (χ3v) is 7.76. The number of nitrogens with one attached hydrogen (secondary N) is 1. The highest BCUT2D eigenvalue weighted by Gasteiger charge is 2.21. The lowest BCUT2D eigenvalue weighted by Crippen LogP contribution is -2.36. The summed E-state index contributed by atoms with van der Waals surface area (Å²) in [5.74, 6) is 0.760. The zero-order valence-corrected chi connectivity index (χ0v) is 19.5. The van der Waals surface area contributed by atoms with E-state index in [1.165, 1.54) is 0 Å². The number of hydrogen-bond donors (Lipinski definition) is 1. The topological polar surface area (TPSA) is 67.9 Å². The van der Waals surface area contributed by atoms with Gasteiger partial charge in [0.2, 0.25) is 0 Å². The van der Waals surface area contributed by atoms with Gasteiger partial charge < -0.3 is 19.7 Å². The van der Waals surface area contributed by atoms with Gasteiger partial charge in [-0.3, -0.25) is 0 Å². The van der Waals surface area contributed by atoms with Crippen LogP contribution in [0.1, 0.15) is 11.1 Å². The summed E-state index contributed by atoms with van der Waals surface area (Å²) in [6.07, 6.45) is 0. The van der Waals surface area contributed by atoms with Crippen LogP contribution in [-0.4, -0.2) is 47.9 Å². The molecule has 0 aliphatic carbocycles. The van der Waals surface area contributed by atoms with E-state index in [4.69, 9.17) is 9.47 Å². The zero-order chi connectivity index (χ0) is 22.8. The van der Waals surface area contributed by atoms with E-state index in [0.717, 1.165) is 59.0 Å². The standard InChI is InChI=1S/C26H28N2O4S/c1-19-2-4-20(5-3-19)18-33(29,30)24-15-22(14-23(17-24)28-9-12-31-13-10-28)21-6-7-25-26(16-21)32-11-8-27-25/h2-7,14-17,27H,8-13,18H2,1H3. The van der Waals surface area contributed by atoms with Crippen molar-refractivity contribution in [1.29, 1.82) is 0 Å². The summed E-state index contributed by atoms with van der Waals surface area (Å²) in [5.41, 5.74) is 5.54. The van der Waals surface area contributed by atoms with E-state index >= 15 is 0 Å². The van der Waals surface area contributed by atoms with Crippen LogP contribution < -0.4 is 15.0 Å². The van der Waals surface area contributed by atoms with Gasteiger partial charge in [-0.15, -0.1) is 0 Å². The summed E-state index contributed by atoms with van der Waals surface area (Å²) in [6, 6.07) is 19.3. The van der Waals surface area contributed by atoms with Crippen LogP contribution in [0.2, 0.25) is 0 Å². The van der Waals surface area contributed by atoms with Gasteiger partial charge in [0.05, 0.1) is 29.5 Å². The average Bonchev–Trinajstić information content (AvgIpc) is 2.85. The van der Waals surface area contributed by atoms with Crippen molar-refractivity contribution in [3.63, 3.8) is 0 Å². The van der Waals surface area contributed by atoms with Gasteiger partial charge in [-0.2, -0.15) is 0 Å². The summed E-state index contributed by atoms with van der Waals surface area (Å²) < 4.78 is 38.2. The summed E-state index contributed by atoms with van der Waals surface area (Å²) in [5, 5.41) is 3.33. The number of fused-ring (bicyclic) bond motifs is 1. The molecule has 7 heteroatoms. The molecule has 172 valence electrons. The first-order valence-corrected chi connectivity index (χ1v) is 12.9. The number of sulfone groups is 1. The van der Waals surface area contributed by atoms with E-state index in [1.54, 1.807) is 12.1 Å². The van der Waals surface area contributed by atoms with Crippen LogP contribution in [0.4, 0.5) is 11.4 Å². The first-order chi connectivity index (χ1) is 16.0. The lowest BCUT2D eigenvalue weighted by atomic mass is 10.0. The molecule has 2 heterocycles. The molecule has 0 aromatic heterocycles. The predicted molar refractivity (Wildman–Crippen MR) is 131 cm³/mol. The molecule has 2 aliphatic rings. The molecular weight excluding hydrogens is 436 g/mol. The normalized spacial score (nSPS) is 16.0. The molecule has 3 aromatic rings. The van der Waals surface area contributed by atoms with Gasteiger partial charge in [0.15, 0.2) is 9.84 Å². The first kappa shape index (κ1) is 21.8. The van der Waals surface area contributed by atoms with Crippen molar-refractivity contribution in [3.05, 3.63) is 71.8 Å². The van der Waals surface area contributed by atoms with Crippen LogP contribution in [0.25, 0.3) is 11.1 Å². The van der Waals surface area contributed by atoms with Gasteiger partial charge in [0.1, 0.15) is 12.4 Å². The Labute approximate surface area is 195 Å². The van der Waals surface area contributed by atoms with E-state index in [9.17, 15) is 8.42 Å². The fraction of sp³-hybridized carbons (Fsp3) is 0.308. The number of rotatable bonds is 5. The van der Waals surface area contributed by atoms with E-state index < -0.39 is 9.84 Å². The van der Waals surface area contributed by atoms with E-state index in [0.29, 0.717) is 24.7 Å². The second kappa shape index (κ2) is 9.08. The fourth-order valence-corrected chi connectivity index (χ4v) is 5.64. The van der Waals surface area contributed by atoms with Crippen LogP contribution >= 0.6 is 0 Å². The number of anilines is 2. The van der Waals surface area contributed by atoms with Crippen molar-refractivity contribution in [2.75, 3.05) is 49.7 Å². The molecule has 1 saturated heterocycles. The predicted octanol–water partition coefficient (Wildman–Crippen LogP) is 4.28. The van der Waals surface area contributed by atoms with Crippen molar-refractivity contribution < 1.29 is 17.9 Å². The van der Waals surface area contributed by atoms with Gasteiger partial charge in [-0.1, -0.05) is 35.9 Å². The molecule has 1 fully saturated rings. The lowest BCUT2D eigenvalue weighted by Gasteiger charge is -2.29. The van der Waals surface area contributed by atoms with Gasteiger partial charge in [0.25, 0.3) is 0 Å². The number of nitrogens with zero attached hydrogens (tertiary/aromatic N) is 1. The minimum Gasteiger partial charge on any atom is -0.490 e. The number of hydrogen-bond acceptors (Lipinski definition) is 6. The largest absolute Gasteiger partial charge is 0.490 e. The van der Waals surface area contributed by atoms with Crippen molar-refractivity contribution in [2.45, 2.75) is 17.6 Å². The molecule has 0 unspecified atom stereocenters. The van der Waals surface area contributed by atoms with Crippen molar-refractivity contribution >= 4 is 21.2 Å². The third-order valence-electron chi connectivity index (χ3n) is 6.09. The maximum absolute atomic E-state index is 13.5. The molecule has 6 nitrogen and oxygen atoms in total. The van der Waals surface area contributed by atoms with Crippen LogP contribution in [0, 0.1) is 6.92 Å². The third kappa shape index (κ3) is 4.84. The number of aryl methyl sites for hydroxylation is 1. The van der Waals surface area contributed by atoms with E-state index in [-0.39, 0.29) is 5.75 Å². The summed E-state index contributed by atoms with van der Waals surface area (Å²) in [7, 11) is -3.54. The number of ether oxygens (including phenoxy) is 2. The molecule has 0 radical (unpaired) electrons. The molecule has 5 rings (SSSR count). The summed E-state index contributed by atoms with van der Waals surface area (Å²) in [6.45, 7) is 6.12. The van der Waals surface area contributed by atoms with E-state index in [1.807, 2.05) is 49.4 Å². The van der Waals surface area contributed by atoms with E-state index in [2.05, 4.69) is 16.3 Å². The van der Waals surface area contributed by atoms with Crippen molar-refractivity contribution in [2.24, 2.45) is 0 Å². The molecule has 0 spiro atoms. The smallest absolute Gasteiger partial charge is 0.182 e. The highest BCUT2D eigenvalue weighted by atomic mass is 32.2. The Bertz CT molecular complexity index is 1250. The molecule has 0 bridgehead atoms. The molecule has 3 aromatic carbocycles. The summed E-state index contributed by atoms with van der Waals surface area (Å²) >= 11 is 0. The second-order valence-electron chi connectivity index (χ2n) is 8.55. The molecule has 33 heavy (non-hydrogen) atoms. The SMILES string of the molecule is Cc1ccc(CS(=O)(=O)c2cc(-c3ccc4c(c3)OCCN4)cc(N3CCOCC3)c2)cc1. The molecule has 0 saturated carbocycles. The molecule has 0 amide bonds. The second-order valence-corrected chi connectivity index (χ2v) is 10.5. The molecule has 0 atom stereocenters. The average molecular weight is 465 g/mol. The monoisotopic (exact) mass is 464 g/mol. The Hall–Kier alpha value is -3.03. The van der Waals surface area contributed by atoms with Gasteiger partial charge in [-0.25, -0.2) is 8.42 Å². The van der Waals surface area contributed by atoms with Crippen molar-refractivity contribution in [1.82, 2.24) is 0 Å². The Morgan fingerprint density at radius 2 is 1.70 bits per heavy atom. The van der Waals surface area contributed by atoms with Gasteiger partial charge >= 0.3 is 0 Å². The Balaban J connectivity index is 1.56. The Morgan fingerprint density at radius 1 is 0.909 bits per heavy atom. The summed E-state index contributed by atoms with van der Waals surface area (Å²) in [4.78, 5) is 2.52. The minimum absolute atomic E-state index is 0.0312. The van der Waals surface area contributed by atoms with Gasteiger partial charge in [-0.05, 0) is 53.9 Å². The highest BCUT2D eigenvalue weighted by Crippen LogP contribution is 2.36. The molecule has 2 aliphatic heterocycles.